The van der Waals surface area contributed by atoms with Crippen molar-refractivity contribution < 1.29 is 4.79 Å². The smallest absolute Gasteiger partial charge is 0.319 e. The Kier molecular flexibility index (Phi) is 3.15. The van der Waals surface area contributed by atoms with Gasteiger partial charge in [0.25, 0.3) is 0 Å². The molecule has 0 spiro atoms. The Hall–Kier alpha value is -1.97. The van der Waals surface area contributed by atoms with Gasteiger partial charge in [0.05, 0.1) is 0 Å². The normalized spacial score (nSPS) is 15.8. The average molecular weight is 257 g/mol. The summed E-state index contributed by atoms with van der Waals surface area (Å²) in [5.41, 5.74) is 3.06. The minimum Gasteiger partial charge on any atom is -0.359 e. The highest BCUT2D eigenvalue weighted by Gasteiger charge is 2.16. The fourth-order valence-corrected chi connectivity index (χ4v) is 2.78. The van der Waals surface area contributed by atoms with Crippen LogP contribution in [0.1, 0.15) is 31.4 Å². The molecule has 3 rings (SSSR count). The maximum absolute atomic E-state index is 11.9. The Balaban J connectivity index is 1.68. The summed E-state index contributed by atoms with van der Waals surface area (Å²) in [5, 5.41) is 7.05. The van der Waals surface area contributed by atoms with Crippen LogP contribution in [0.5, 0.6) is 0 Å². The van der Waals surface area contributed by atoms with E-state index in [2.05, 4.69) is 21.7 Å². The van der Waals surface area contributed by atoms with Crippen molar-refractivity contribution in [3.8, 4) is 0 Å². The standard InChI is InChI=1S/C15H19N3O/c1-10-8-11-9-13(6-7-14(11)16-10)18-15(19)17-12-4-2-3-5-12/h6-9,12,16H,2-5H2,1H3,(H2,17,18,19). The Morgan fingerprint density at radius 1 is 1.26 bits per heavy atom. The van der Waals surface area contributed by atoms with Crippen molar-refractivity contribution in [1.82, 2.24) is 10.3 Å². The molecule has 2 aromatic rings. The van der Waals surface area contributed by atoms with E-state index in [0.717, 1.165) is 35.1 Å². The highest BCUT2D eigenvalue weighted by Crippen LogP contribution is 2.20. The summed E-state index contributed by atoms with van der Waals surface area (Å²) in [4.78, 5) is 15.1. The van der Waals surface area contributed by atoms with Gasteiger partial charge in [-0.2, -0.15) is 0 Å². The molecule has 1 saturated carbocycles. The lowest BCUT2D eigenvalue weighted by molar-refractivity contribution is 0.248. The van der Waals surface area contributed by atoms with Crippen molar-refractivity contribution in [2.24, 2.45) is 0 Å². The largest absolute Gasteiger partial charge is 0.359 e. The van der Waals surface area contributed by atoms with Gasteiger partial charge < -0.3 is 15.6 Å². The lowest BCUT2D eigenvalue weighted by Crippen LogP contribution is -2.36. The van der Waals surface area contributed by atoms with Gasteiger partial charge in [-0.1, -0.05) is 12.8 Å². The van der Waals surface area contributed by atoms with E-state index in [-0.39, 0.29) is 6.03 Å². The van der Waals surface area contributed by atoms with Crippen LogP contribution in [0.3, 0.4) is 0 Å². The summed E-state index contributed by atoms with van der Waals surface area (Å²) >= 11 is 0. The Morgan fingerprint density at radius 3 is 2.84 bits per heavy atom. The molecule has 2 amide bonds. The first-order valence-electron chi connectivity index (χ1n) is 6.87. The van der Waals surface area contributed by atoms with Crippen LogP contribution in [0.4, 0.5) is 10.5 Å². The quantitative estimate of drug-likeness (QED) is 0.757. The highest BCUT2D eigenvalue weighted by atomic mass is 16.2. The van der Waals surface area contributed by atoms with Gasteiger partial charge in [0.15, 0.2) is 0 Å². The number of aromatic amines is 1. The van der Waals surface area contributed by atoms with Crippen LogP contribution in [0.2, 0.25) is 0 Å². The van der Waals surface area contributed by atoms with E-state index >= 15 is 0 Å². The number of rotatable bonds is 2. The molecule has 1 fully saturated rings. The van der Waals surface area contributed by atoms with Crippen molar-refractivity contribution in [3.05, 3.63) is 30.0 Å². The summed E-state index contributed by atoms with van der Waals surface area (Å²) in [5.74, 6) is 0. The van der Waals surface area contributed by atoms with Gasteiger partial charge in [-0.25, -0.2) is 4.79 Å². The number of urea groups is 1. The number of anilines is 1. The molecule has 0 aliphatic heterocycles. The third kappa shape index (κ3) is 2.72. The van der Waals surface area contributed by atoms with Crippen molar-refractivity contribution in [3.63, 3.8) is 0 Å². The molecule has 0 bridgehead atoms. The van der Waals surface area contributed by atoms with E-state index in [1.54, 1.807) is 0 Å². The number of benzene rings is 1. The third-order valence-electron chi connectivity index (χ3n) is 3.70. The second-order valence-electron chi connectivity index (χ2n) is 5.33. The fourth-order valence-electron chi connectivity index (χ4n) is 2.78. The second-order valence-corrected chi connectivity index (χ2v) is 5.33. The van der Waals surface area contributed by atoms with Crippen LogP contribution in [0.15, 0.2) is 24.3 Å². The molecule has 1 aromatic carbocycles. The SMILES string of the molecule is Cc1cc2cc(NC(=O)NC3CCCC3)ccc2[nH]1. The molecule has 0 saturated heterocycles. The van der Waals surface area contributed by atoms with Crippen molar-refractivity contribution in [2.75, 3.05) is 5.32 Å². The first-order chi connectivity index (χ1) is 9.20. The number of hydrogen-bond donors (Lipinski definition) is 3. The van der Waals surface area contributed by atoms with Gasteiger partial charge in [0, 0.05) is 28.3 Å². The second kappa shape index (κ2) is 4.96. The number of nitrogens with one attached hydrogen (secondary N) is 3. The van der Waals surface area contributed by atoms with Crippen LogP contribution < -0.4 is 10.6 Å². The van der Waals surface area contributed by atoms with Gasteiger partial charge in [-0.05, 0) is 44.0 Å². The Labute approximate surface area is 112 Å². The van der Waals surface area contributed by atoms with E-state index < -0.39 is 0 Å². The summed E-state index contributed by atoms with van der Waals surface area (Å²) in [6, 6.07) is 8.24. The van der Waals surface area contributed by atoms with Gasteiger partial charge >= 0.3 is 6.03 Å². The summed E-state index contributed by atoms with van der Waals surface area (Å²) in [6.07, 6.45) is 4.64. The molecule has 3 N–H and O–H groups in total. The minimum atomic E-state index is -0.0986. The van der Waals surface area contributed by atoms with Gasteiger partial charge in [-0.15, -0.1) is 0 Å². The number of aromatic nitrogens is 1. The first-order valence-corrected chi connectivity index (χ1v) is 6.87. The van der Waals surface area contributed by atoms with Crippen LogP contribution in [0, 0.1) is 6.92 Å². The maximum atomic E-state index is 11.9. The fraction of sp³-hybridized carbons (Fsp3) is 0.400. The summed E-state index contributed by atoms with van der Waals surface area (Å²) in [7, 11) is 0. The molecule has 100 valence electrons. The molecule has 0 unspecified atom stereocenters. The number of H-pyrrole nitrogens is 1. The average Bonchev–Trinajstić information content (AvgIpc) is 2.96. The lowest BCUT2D eigenvalue weighted by Gasteiger charge is -2.12. The number of aryl methyl sites for hydroxylation is 1. The molecule has 1 aliphatic rings. The maximum Gasteiger partial charge on any atom is 0.319 e. The molecular weight excluding hydrogens is 238 g/mol. The summed E-state index contributed by atoms with van der Waals surface area (Å²) < 4.78 is 0. The predicted octanol–water partition coefficient (Wildman–Crippen LogP) is 3.54. The molecule has 4 heteroatoms. The molecule has 1 aromatic heterocycles. The Morgan fingerprint density at radius 2 is 2.05 bits per heavy atom. The van der Waals surface area contributed by atoms with Crippen LogP contribution in [-0.2, 0) is 0 Å². The first kappa shape index (κ1) is 12.1. The third-order valence-corrected chi connectivity index (χ3v) is 3.70. The molecule has 0 atom stereocenters. The zero-order valence-corrected chi connectivity index (χ0v) is 11.1. The molecule has 0 radical (unpaired) electrons. The molecule has 19 heavy (non-hydrogen) atoms. The Bertz CT molecular complexity index is 596. The van der Waals surface area contributed by atoms with E-state index in [9.17, 15) is 4.79 Å². The predicted molar refractivity (Wildman–Crippen MR) is 77.4 cm³/mol. The van der Waals surface area contributed by atoms with Crippen molar-refractivity contribution in [1.29, 1.82) is 0 Å². The molecule has 1 aliphatic carbocycles. The van der Waals surface area contributed by atoms with E-state index in [1.165, 1.54) is 12.8 Å². The van der Waals surface area contributed by atoms with E-state index in [0.29, 0.717) is 6.04 Å². The zero-order valence-electron chi connectivity index (χ0n) is 11.1. The molecule has 1 heterocycles. The van der Waals surface area contributed by atoms with Crippen molar-refractivity contribution in [2.45, 2.75) is 38.6 Å². The highest BCUT2D eigenvalue weighted by molar-refractivity contribution is 5.93. The minimum absolute atomic E-state index is 0.0986. The lowest BCUT2D eigenvalue weighted by atomic mass is 10.2. The van der Waals surface area contributed by atoms with Crippen LogP contribution in [0.25, 0.3) is 10.9 Å². The zero-order chi connectivity index (χ0) is 13.2. The number of carbonyl (C=O) groups is 1. The van der Waals surface area contributed by atoms with E-state index in [1.807, 2.05) is 25.1 Å². The molecule has 4 nitrogen and oxygen atoms in total. The van der Waals surface area contributed by atoms with E-state index in [4.69, 9.17) is 0 Å². The number of fused-ring (bicyclic) bond motifs is 1. The monoisotopic (exact) mass is 257 g/mol. The van der Waals surface area contributed by atoms with Crippen LogP contribution >= 0.6 is 0 Å². The molecular formula is C15H19N3O. The van der Waals surface area contributed by atoms with Gasteiger partial charge in [0.2, 0.25) is 0 Å². The number of hydrogen-bond acceptors (Lipinski definition) is 1. The van der Waals surface area contributed by atoms with Gasteiger partial charge in [0.1, 0.15) is 0 Å². The number of carbonyl (C=O) groups excluding carboxylic acids is 1. The van der Waals surface area contributed by atoms with Gasteiger partial charge in [-0.3, -0.25) is 0 Å². The summed E-state index contributed by atoms with van der Waals surface area (Å²) in [6.45, 7) is 2.03. The number of amides is 2. The van der Waals surface area contributed by atoms with Crippen molar-refractivity contribution >= 4 is 22.6 Å². The van der Waals surface area contributed by atoms with Crippen LogP contribution in [-0.4, -0.2) is 17.1 Å². The topological polar surface area (TPSA) is 56.9 Å².